The van der Waals surface area contributed by atoms with Crippen LogP contribution in [0.15, 0.2) is 72.1 Å². The highest BCUT2D eigenvalue weighted by Gasteiger charge is 2.01. The number of rotatable bonds is 7. The summed E-state index contributed by atoms with van der Waals surface area (Å²) in [5, 5.41) is 10.8. The summed E-state index contributed by atoms with van der Waals surface area (Å²) in [5.74, 6) is 0.788. The molecule has 0 bridgehead atoms. The van der Waals surface area contributed by atoms with Crippen molar-refractivity contribution in [1.82, 2.24) is 25.4 Å². The van der Waals surface area contributed by atoms with Gasteiger partial charge in [0.05, 0.1) is 25.3 Å². The van der Waals surface area contributed by atoms with Gasteiger partial charge >= 0.3 is 0 Å². The van der Waals surface area contributed by atoms with E-state index < -0.39 is 0 Å². The third kappa shape index (κ3) is 5.44. The maximum Gasteiger partial charge on any atom is 0.191 e. The summed E-state index contributed by atoms with van der Waals surface area (Å²) in [7, 11) is 0. The Morgan fingerprint density at radius 2 is 1.96 bits per heavy atom. The Hall–Kier alpha value is -3.15. The maximum atomic E-state index is 4.68. The molecule has 3 rings (SSSR count). The van der Waals surface area contributed by atoms with Gasteiger partial charge in [-0.05, 0) is 36.2 Å². The quantitative estimate of drug-likeness (QED) is 0.509. The zero-order valence-electron chi connectivity index (χ0n) is 15.0. The van der Waals surface area contributed by atoms with E-state index in [0.29, 0.717) is 13.1 Å². The van der Waals surface area contributed by atoms with Crippen LogP contribution in [0.3, 0.4) is 0 Å². The molecule has 0 aliphatic rings. The minimum Gasteiger partial charge on any atom is -0.357 e. The van der Waals surface area contributed by atoms with E-state index in [0.717, 1.165) is 24.7 Å². The highest BCUT2D eigenvalue weighted by Crippen LogP contribution is 2.08. The molecule has 0 spiro atoms. The molecule has 0 aliphatic heterocycles. The van der Waals surface area contributed by atoms with Crippen molar-refractivity contribution in [2.24, 2.45) is 4.99 Å². The summed E-state index contributed by atoms with van der Waals surface area (Å²) in [4.78, 5) is 9.00. The predicted molar refractivity (Wildman–Crippen MR) is 104 cm³/mol. The average Bonchev–Trinajstić information content (AvgIpc) is 3.18. The lowest BCUT2D eigenvalue weighted by molar-refractivity contribution is 0.686. The molecular formula is C20H24N6. The van der Waals surface area contributed by atoms with Gasteiger partial charge < -0.3 is 10.6 Å². The lowest BCUT2D eigenvalue weighted by atomic mass is 10.1. The highest BCUT2D eigenvalue weighted by molar-refractivity contribution is 5.79. The molecule has 26 heavy (non-hydrogen) atoms. The number of nitrogens with zero attached hydrogens (tertiary/aromatic N) is 4. The van der Waals surface area contributed by atoms with Crippen molar-refractivity contribution in [1.29, 1.82) is 0 Å². The van der Waals surface area contributed by atoms with E-state index in [9.17, 15) is 0 Å². The fourth-order valence-electron chi connectivity index (χ4n) is 2.60. The van der Waals surface area contributed by atoms with Crippen molar-refractivity contribution in [2.45, 2.75) is 26.6 Å². The van der Waals surface area contributed by atoms with Crippen molar-refractivity contribution in [3.05, 3.63) is 83.9 Å². The van der Waals surface area contributed by atoms with Gasteiger partial charge in [-0.2, -0.15) is 5.10 Å². The Morgan fingerprint density at radius 1 is 1.04 bits per heavy atom. The number of hydrogen-bond donors (Lipinski definition) is 2. The minimum atomic E-state index is 0.616. The predicted octanol–water partition coefficient (Wildman–Crippen LogP) is 2.58. The molecule has 2 N–H and O–H groups in total. The largest absolute Gasteiger partial charge is 0.357 e. The van der Waals surface area contributed by atoms with E-state index in [-0.39, 0.29) is 0 Å². The second kappa shape index (κ2) is 9.36. The summed E-state index contributed by atoms with van der Waals surface area (Å²) in [6.07, 6.45) is 5.56. The standard InChI is InChI=1S/C20H24N6/c1-2-21-20(24-15-19-9-3-4-10-22-19)23-14-17-7-5-8-18(13-17)16-26-12-6-11-25-26/h3-13H,2,14-16H2,1H3,(H2,21,23,24). The van der Waals surface area contributed by atoms with Gasteiger partial charge in [-0.15, -0.1) is 0 Å². The Morgan fingerprint density at radius 3 is 2.73 bits per heavy atom. The van der Waals surface area contributed by atoms with Gasteiger partial charge in [-0.1, -0.05) is 30.3 Å². The second-order valence-electron chi connectivity index (χ2n) is 5.89. The van der Waals surface area contributed by atoms with Gasteiger partial charge in [0.15, 0.2) is 5.96 Å². The Balaban J connectivity index is 1.61. The highest BCUT2D eigenvalue weighted by atomic mass is 15.3. The van der Waals surface area contributed by atoms with Gasteiger partial charge in [-0.3, -0.25) is 9.67 Å². The number of nitrogens with one attached hydrogen (secondary N) is 2. The minimum absolute atomic E-state index is 0.616. The number of guanidine groups is 1. The fourth-order valence-corrected chi connectivity index (χ4v) is 2.60. The van der Waals surface area contributed by atoms with Crippen LogP contribution in [-0.2, 0) is 19.6 Å². The Labute approximate surface area is 154 Å². The van der Waals surface area contributed by atoms with Gasteiger partial charge in [0.1, 0.15) is 0 Å². The fraction of sp³-hybridized carbons (Fsp3) is 0.250. The van der Waals surface area contributed by atoms with Crippen molar-refractivity contribution in [3.63, 3.8) is 0 Å². The summed E-state index contributed by atoms with van der Waals surface area (Å²) in [5.41, 5.74) is 3.37. The van der Waals surface area contributed by atoms with Gasteiger partial charge in [0.2, 0.25) is 0 Å². The smallest absolute Gasteiger partial charge is 0.191 e. The maximum absolute atomic E-state index is 4.68. The lowest BCUT2D eigenvalue weighted by Crippen LogP contribution is -2.37. The van der Waals surface area contributed by atoms with Crippen LogP contribution in [0.25, 0.3) is 0 Å². The molecule has 134 valence electrons. The lowest BCUT2D eigenvalue weighted by Gasteiger charge is -2.11. The van der Waals surface area contributed by atoms with Crippen molar-refractivity contribution in [3.8, 4) is 0 Å². The number of aliphatic imine (C=N–C) groups is 1. The SMILES string of the molecule is CCNC(=NCc1cccc(Cn2cccn2)c1)NCc1ccccn1. The van der Waals surface area contributed by atoms with E-state index in [4.69, 9.17) is 0 Å². The normalized spacial score (nSPS) is 11.3. The molecule has 0 radical (unpaired) electrons. The van der Waals surface area contributed by atoms with Crippen molar-refractivity contribution in [2.75, 3.05) is 6.54 Å². The number of aromatic nitrogens is 3. The van der Waals surface area contributed by atoms with E-state index in [1.165, 1.54) is 11.1 Å². The van der Waals surface area contributed by atoms with Crippen LogP contribution in [-0.4, -0.2) is 27.3 Å². The topological polar surface area (TPSA) is 67.1 Å². The van der Waals surface area contributed by atoms with Crippen LogP contribution in [0.5, 0.6) is 0 Å². The summed E-state index contributed by atoms with van der Waals surface area (Å²) in [6.45, 7) is 4.90. The molecule has 1 aromatic carbocycles. The summed E-state index contributed by atoms with van der Waals surface area (Å²) in [6, 6.07) is 16.3. The Kier molecular flexibility index (Phi) is 6.36. The van der Waals surface area contributed by atoms with Crippen LogP contribution >= 0.6 is 0 Å². The molecule has 0 saturated carbocycles. The molecule has 2 aromatic heterocycles. The number of benzene rings is 1. The van der Waals surface area contributed by atoms with Crippen molar-refractivity contribution < 1.29 is 0 Å². The molecule has 0 aliphatic carbocycles. The third-order valence-corrected chi connectivity index (χ3v) is 3.82. The third-order valence-electron chi connectivity index (χ3n) is 3.82. The van der Waals surface area contributed by atoms with Gasteiger partial charge in [0.25, 0.3) is 0 Å². The van der Waals surface area contributed by atoms with Crippen LogP contribution < -0.4 is 10.6 Å². The monoisotopic (exact) mass is 348 g/mol. The van der Waals surface area contributed by atoms with Crippen LogP contribution in [0, 0.1) is 0 Å². The average molecular weight is 348 g/mol. The molecule has 3 aromatic rings. The second-order valence-corrected chi connectivity index (χ2v) is 5.89. The van der Waals surface area contributed by atoms with E-state index in [2.05, 4.69) is 56.9 Å². The molecule has 2 heterocycles. The van der Waals surface area contributed by atoms with Gasteiger partial charge in [-0.25, -0.2) is 4.99 Å². The number of pyridine rings is 1. The van der Waals surface area contributed by atoms with E-state index >= 15 is 0 Å². The molecule has 0 unspecified atom stereocenters. The summed E-state index contributed by atoms with van der Waals surface area (Å²) < 4.78 is 1.92. The molecule has 0 atom stereocenters. The van der Waals surface area contributed by atoms with Crippen LogP contribution in [0.1, 0.15) is 23.7 Å². The first-order valence-electron chi connectivity index (χ1n) is 8.81. The first-order valence-corrected chi connectivity index (χ1v) is 8.81. The zero-order valence-corrected chi connectivity index (χ0v) is 15.0. The molecular weight excluding hydrogens is 324 g/mol. The van der Waals surface area contributed by atoms with Gasteiger partial charge in [0, 0.05) is 25.1 Å². The molecule has 0 amide bonds. The molecule has 0 saturated heterocycles. The van der Waals surface area contributed by atoms with Crippen LogP contribution in [0.2, 0.25) is 0 Å². The zero-order chi connectivity index (χ0) is 18.0. The first-order chi connectivity index (χ1) is 12.8. The number of hydrogen-bond acceptors (Lipinski definition) is 3. The molecule has 6 heteroatoms. The van der Waals surface area contributed by atoms with E-state index in [1.54, 1.807) is 12.4 Å². The van der Waals surface area contributed by atoms with Crippen molar-refractivity contribution >= 4 is 5.96 Å². The first kappa shape index (κ1) is 17.7. The van der Waals surface area contributed by atoms with E-state index in [1.807, 2.05) is 35.1 Å². The molecule has 0 fully saturated rings. The summed E-state index contributed by atoms with van der Waals surface area (Å²) >= 11 is 0. The molecule has 6 nitrogen and oxygen atoms in total. The Bertz CT molecular complexity index is 811. The van der Waals surface area contributed by atoms with Crippen LogP contribution in [0.4, 0.5) is 0 Å².